The predicted octanol–water partition coefficient (Wildman–Crippen LogP) is 10.1. The monoisotopic (exact) mass is 583 g/mol. The molecule has 0 radical (unpaired) electrons. The van der Waals surface area contributed by atoms with Crippen molar-refractivity contribution in [3.8, 4) is 0 Å². The fraction of sp³-hybridized carbons (Fsp3) is 0.214. The van der Waals surface area contributed by atoms with Gasteiger partial charge in [0.05, 0.1) is 35.0 Å². The third-order valence-electron chi connectivity index (χ3n) is 10.5. The van der Waals surface area contributed by atoms with Crippen LogP contribution >= 0.6 is 0 Å². The minimum absolute atomic E-state index is 0.311. The molecule has 1 aromatic heterocycles. The number of allylic oxidation sites excluding steroid dienone is 7. The molecule has 3 heteroatoms. The van der Waals surface area contributed by atoms with Gasteiger partial charge in [-0.15, -0.1) is 0 Å². The Morgan fingerprint density at radius 1 is 0.756 bits per heavy atom. The van der Waals surface area contributed by atoms with Crippen molar-refractivity contribution in [3.05, 3.63) is 155 Å². The van der Waals surface area contributed by atoms with Crippen LogP contribution < -0.4 is 9.80 Å². The Labute approximate surface area is 266 Å². The van der Waals surface area contributed by atoms with Crippen LogP contribution in [0.25, 0.3) is 17.2 Å². The molecule has 220 valence electrons. The van der Waals surface area contributed by atoms with E-state index in [0.717, 1.165) is 43.6 Å². The van der Waals surface area contributed by atoms with Gasteiger partial charge in [0.15, 0.2) is 0 Å². The minimum Gasteiger partial charge on any atom is -0.364 e. The smallest absolute Gasteiger partial charge is 0.0660 e. The van der Waals surface area contributed by atoms with Gasteiger partial charge in [-0.25, -0.2) is 0 Å². The van der Waals surface area contributed by atoms with Gasteiger partial charge < -0.3 is 9.80 Å². The molecule has 4 aromatic rings. The fourth-order valence-corrected chi connectivity index (χ4v) is 8.67. The molecule has 3 unspecified atom stereocenters. The van der Waals surface area contributed by atoms with Gasteiger partial charge in [0, 0.05) is 35.2 Å². The summed E-state index contributed by atoms with van der Waals surface area (Å²) < 4.78 is 0. The average Bonchev–Trinajstić information content (AvgIpc) is 3.50. The molecule has 3 atom stereocenters. The van der Waals surface area contributed by atoms with Crippen LogP contribution in [0, 0.1) is 11.8 Å². The maximum absolute atomic E-state index is 4.98. The molecule has 0 N–H and O–H groups in total. The molecule has 2 aliphatic heterocycles. The molecule has 0 bridgehead atoms. The summed E-state index contributed by atoms with van der Waals surface area (Å²) in [5.41, 5.74) is 16.1. The van der Waals surface area contributed by atoms with Gasteiger partial charge in [-0.3, -0.25) is 4.98 Å². The molecule has 0 amide bonds. The molecule has 0 saturated carbocycles. The maximum Gasteiger partial charge on any atom is 0.0660 e. The highest BCUT2D eigenvalue weighted by molar-refractivity contribution is 6.10. The van der Waals surface area contributed by atoms with Crippen molar-refractivity contribution in [2.45, 2.75) is 38.6 Å². The van der Waals surface area contributed by atoms with E-state index < -0.39 is 0 Å². The number of para-hydroxylation sites is 3. The van der Waals surface area contributed by atoms with E-state index in [1.165, 1.54) is 44.9 Å². The van der Waals surface area contributed by atoms with E-state index in [1.54, 1.807) is 11.1 Å². The van der Waals surface area contributed by atoms with Crippen LogP contribution in [-0.2, 0) is 6.42 Å². The zero-order valence-corrected chi connectivity index (χ0v) is 25.7. The van der Waals surface area contributed by atoms with E-state index in [2.05, 4.69) is 144 Å². The first-order valence-corrected chi connectivity index (χ1v) is 16.5. The zero-order valence-electron chi connectivity index (χ0n) is 25.7. The van der Waals surface area contributed by atoms with Gasteiger partial charge in [0.25, 0.3) is 0 Å². The standard InChI is InChI=1S/C42H37N3/c1-28-39-33-19-9-12-22-37(33)45(32-26-30-16-8-11-21-36(30)43-27-32)38-23-13-10-20-34(38)41(39)40(29-14-4-2-5-15-29)35-24-25-44(42(28)35)31-17-6-3-7-18-31/h2-7,9-14,17-23,26-29,42H,8,15-16,24-25H2,1H3. The third-order valence-corrected chi connectivity index (χ3v) is 10.5. The number of nitrogens with zero attached hydrogens (tertiary/aromatic N) is 3. The summed E-state index contributed by atoms with van der Waals surface area (Å²) in [6, 6.07) is 32.0. The van der Waals surface area contributed by atoms with Crippen LogP contribution in [-0.4, -0.2) is 17.6 Å². The Bertz CT molecular complexity index is 1970. The second kappa shape index (κ2) is 10.6. The molecular formula is C42H37N3. The van der Waals surface area contributed by atoms with E-state index in [4.69, 9.17) is 4.98 Å². The van der Waals surface area contributed by atoms with E-state index in [1.807, 2.05) is 0 Å². The Morgan fingerprint density at radius 2 is 1.53 bits per heavy atom. The van der Waals surface area contributed by atoms with E-state index in [-0.39, 0.29) is 0 Å². The van der Waals surface area contributed by atoms with Crippen molar-refractivity contribution in [1.29, 1.82) is 0 Å². The number of pyridine rings is 1. The molecule has 3 aromatic carbocycles. The van der Waals surface area contributed by atoms with Crippen LogP contribution in [0.2, 0.25) is 0 Å². The van der Waals surface area contributed by atoms with Crippen LogP contribution in [0.15, 0.2) is 133 Å². The quantitative estimate of drug-likeness (QED) is 0.239. The SMILES string of the molecule is CC1C2=C(C(C3C=CC=CC3)=C3CCN(c4ccccc4)C31)c1ccccc1N(c1cnc3c(c1)CCC=C3)c1ccccc12. The van der Waals surface area contributed by atoms with Gasteiger partial charge >= 0.3 is 0 Å². The van der Waals surface area contributed by atoms with E-state index in [9.17, 15) is 0 Å². The first-order valence-electron chi connectivity index (χ1n) is 16.5. The first-order chi connectivity index (χ1) is 22.3. The highest BCUT2D eigenvalue weighted by Gasteiger charge is 2.45. The largest absolute Gasteiger partial charge is 0.364 e. The van der Waals surface area contributed by atoms with Crippen molar-refractivity contribution in [2.75, 3.05) is 16.3 Å². The highest BCUT2D eigenvalue weighted by Crippen LogP contribution is 2.58. The van der Waals surface area contributed by atoms with Crippen molar-refractivity contribution < 1.29 is 0 Å². The lowest BCUT2D eigenvalue weighted by Crippen LogP contribution is -2.39. The number of aryl methyl sites for hydroxylation is 1. The average molecular weight is 584 g/mol. The summed E-state index contributed by atoms with van der Waals surface area (Å²) in [4.78, 5) is 10.2. The number of benzene rings is 3. The number of hydrogen-bond acceptors (Lipinski definition) is 3. The molecule has 1 saturated heterocycles. The molecule has 3 aliphatic carbocycles. The number of anilines is 4. The molecule has 3 nitrogen and oxygen atoms in total. The summed E-state index contributed by atoms with van der Waals surface area (Å²) in [7, 11) is 0. The second-order valence-electron chi connectivity index (χ2n) is 12.9. The van der Waals surface area contributed by atoms with Crippen LogP contribution in [0.5, 0.6) is 0 Å². The topological polar surface area (TPSA) is 19.4 Å². The third kappa shape index (κ3) is 4.14. The lowest BCUT2D eigenvalue weighted by molar-refractivity contribution is 0.595. The Kier molecular flexibility index (Phi) is 6.26. The van der Waals surface area contributed by atoms with Crippen molar-refractivity contribution >= 4 is 40.0 Å². The van der Waals surface area contributed by atoms with Gasteiger partial charge in [-0.05, 0) is 89.9 Å². The second-order valence-corrected chi connectivity index (χ2v) is 12.9. The van der Waals surface area contributed by atoms with Crippen LogP contribution in [0.1, 0.15) is 48.6 Å². The van der Waals surface area contributed by atoms with Crippen molar-refractivity contribution in [2.24, 2.45) is 11.8 Å². The normalized spacial score (nSPS) is 22.9. The summed E-state index contributed by atoms with van der Waals surface area (Å²) in [5.74, 6) is 0.662. The van der Waals surface area contributed by atoms with Gasteiger partial charge in [-0.2, -0.15) is 0 Å². The highest BCUT2D eigenvalue weighted by atomic mass is 15.2. The lowest BCUT2D eigenvalue weighted by Gasteiger charge is -2.41. The van der Waals surface area contributed by atoms with Gasteiger partial charge in [0.2, 0.25) is 0 Å². The summed E-state index contributed by atoms with van der Waals surface area (Å²) in [5, 5.41) is 0. The predicted molar refractivity (Wildman–Crippen MR) is 188 cm³/mol. The summed E-state index contributed by atoms with van der Waals surface area (Å²) in [6.45, 7) is 3.53. The van der Waals surface area contributed by atoms with Gasteiger partial charge in [0.1, 0.15) is 0 Å². The van der Waals surface area contributed by atoms with Crippen molar-refractivity contribution in [3.63, 3.8) is 0 Å². The minimum atomic E-state index is 0.311. The maximum atomic E-state index is 4.98. The lowest BCUT2D eigenvalue weighted by atomic mass is 9.68. The Hall–Kier alpha value is -4.89. The zero-order chi connectivity index (χ0) is 29.9. The molecule has 9 rings (SSSR count). The molecule has 5 aliphatic rings. The molecule has 3 heterocycles. The number of rotatable bonds is 3. The van der Waals surface area contributed by atoms with Crippen molar-refractivity contribution in [1.82, 2.24) is 4.98 Å². The molecule has 45 heavy (non-hydrogen) atoms. The first kappa shape index (κ1) is 26.5. The summed E-state index contributed by atoms with van der Waals surface area (Å²) >= 11 is 0. The number of aromatic nitrogens is 1. The van der Waals surface area contributed by atoms with Crippen LogP contribution in [0.3, 0.4) is 0 Å². The van der Waals surface area contributed by atoms with E-state index in [0.29, 0.717) is 17.9 Å². The van der Waals surface area contributed by atoms with E-state index >= 15 is 0 Å². The fourth-order valence-electron chi connectivity index (χ4n) is 8.67. The number of fused-ring (bicyclic) bond motifs is 6. The molecule has 1 fully saturated rings. The number of hydrogen-bond donors (Lipinski definition) is 0. The van der Waals surface area contributed by atoms with Gasteiger partial charge in [-0.1, -0.05) is 91.9 Å². The molecule has 0 spiro atoms. The molecular weight excluding hydrogens is 546 g/mol. The summed E-state index contributed by atoms with van der Waals surface area (Å²) in [6.07, 6.45) is 20.0. The Morgan fingerprint density at radius 3 is 2.36 bits per heavy atom. The Balaban J connectivity index is 1.32. The van der Waals surface area contributed by atoms with Crippen LogP contribution in [0.4, 0.5) is 22.7 Å².